The van der Waals surface area contributed by atoms with Crippen molar-refractivity contribution in [3.63, 3.8) is 0 Å². The second kappa shape index (κ2) is 11.0. The largest absolute Gasteiger partial charge is 1.00 e. The van der Waals surface area contributed by atoms with Gasteiger partial charge in [-0.25, -0.2) is 13.5 Å². The van der Waals surface area contributed by atoms with Crippen molar-refractivity contribution in [1.82, 2.24) is 15.0 Å². The SMILES string of the molecule is CCCNc1nc(NCCC)nc(N2CCCCO2)n1.O=S(=O)([O-])O.[H+]. The van der Waals surface area contributed by atoms with Crippen molar-refractivity contribution in [2.45, 2.75) is 39.5 Å². The number of aromatic nitrogens is 3. The van der Waals surface area contributed by atoms with E-state index in [0.29, 0.717) is 17.8 Å². The summed E-state index contributed by atoms with van der Waals surface area (Å²) < 4.78 is 32.8. The van der Waals surface area contributed by atoms with Crippen molar-refractivity contribution < 1.29 is 23.8 Å². The lowest BCUT2D eigenvalue weighted by Gasteiger charge is -2.26. The molecule has 0 aliphatic carbocycles. The minimum absolute atomic E-state index is 0. The molecule has 0 unspecified atom stereocenters. The molecule has 0 atom stereocenters. The lowest BCUT2D eigenvalue weighted by molar-refractivity contribution is 0.0743. The summed E-state index contributed by atoms with van der Waals surface area (Å²) in [5.74, 6) is 1.78. The predicted molar refractivity (Wildman–Crippen MR) is 93.4 cm³/mol. The molecule has 1 aliphatic heterocycles. The normalized spacial score (nSPS) is 14.5. The number of hydrogen-bond donors (Lipinski definition) is 3. The van der Waals surface area contributed by atoms with Gasteiger partial charge in [-0.05, 0) is 25.7 Å². The lowest BCUT2D eigenvalue weighted by Crippen LogP contribution is -2.32. The Morgan fingerprint density at radius 1 is 1.16 bits per heavy atom. The van der Waals surface area contributed by atoms with Gasteiger partial charge in [0.15, 0.2) is 0 Å². The molecule has 0 saturated carbocycles. The van der Waals surface area contributed by atoms with Gasteiger partial charge in [0.1, 0.15) is 0 Å². The van der Waals surface area contributed by atoms with Crippen LogP contribution in [0.2, 0.25) is 0 Å². The van der Waals surface area contributed by atoms with Crippen LogP contribution >= 0.6 is 0 Å². The molecule has 1 saturated heterocycles. The van der Waals surface area contributed by atoms with Gasteiger partial charge in [-0.1, -0.05) is 13.8 Å². The second-order valence-electron chi connectivity index (χ2n) is 5.21. The van der Waals surface area contributed by atoms with Crippen molar-refractivity contribution in [1.29, 1.82) is 0 Å². The van der Waals surface area contributed by atoms with E-state index < -0.39 is 10.4 Å². The third-order valence-electron chi connectivity index (χ3n) is 2.92. The van der Waals surface area contributed by atoms with Gasteiger partial charge in [0.25, 0.3) is 5.95 Å². The minimum atomic E-state index is -4.92. The Bertz CT molecular complexity index is 581. The average Bonchev–Trinajstić information content (AvgIpc) is 2.57. The summed E-state index contributed by atoms with van der Waals surface area (Å²) in [5.41, 5.74) is 0. The number of nitrogens with zero attached hydrogens (tertiary/aromatic N) is 4. The maximum atomic E-state index is 8.63. The Labute approximate surface area is 149 Å². The fourth-order valence-electron chi connectivity index (χ4n) is 1.86. The Balaban J connectivity index is 0.000000923. The van der Waals surface area contributed by atoms with Gasteiger partial charge in [0, 0.05) is 19.6 Å². The molecule has 144 valence electrons. The molecular weight excluding hydrogens is 352 g/mol. The molecule has 1 aromatic heterocycles. The van der Waals surface area contributed by atoms with E-state index in [2.05, 4.69) is 39.4 Å². The van der Waals surface area contributed by atoms with E-state index in [1.165, 1.54) is 0 Å². The fraction of sp³-hybridized carbons (Fsp3) is 0.769. The summed E-state index contributed by atoms with van der Waals surface area (Å²) in [6.07, 6.45) is 4.24. The zero-order valence-corrected chi connectivity index (χ0v) is 15.3. The summed E-state index contributed by atoms with van der Waals surface area (Å²) in [5, 5.41) is 8.18. The topological polar surface area (TPSA) is 153 Å². The zero-order valence-electron chi connectivity index (χ0n) is 15.4. The fourth-order valence-corrected chi connectivity index (χ4v) is 1.86. The smallest absolute Gasteiger partial charge is 0.726 e. The zero-order chi connectivity index (χ0) is 18.7. The molecule has 2 heterocycles. The molecule has 3 N–H and O–H groups in total. The van der Waals surface area contributed by atoms with E-state index in [9.17, 15) is 0 Å². The van der Waals surface area contributed by atoms with E-state index in [1.807, 2.05) is 0 Å². The van der Waals surface area contributed by atoms with Crippen molar-refractivity contribution >= 4 is 28.2 Å². The lowest BCUT2D eigenvalue weighted by atomic mass is 10.3. The highest BCUT2D eigenvalue weighted by Gasteiger charge is 2.17. The molecule has 0 radical (unpaired) electrons. The number of rotatable bonds is 7. The monoisotopic (exact) mass is 378 g/mol. The Hall–Kier alpha value is -1.76. The molecule has 0 amide bonds. The van der Waals surface area contributed by atoms with Crippen LogP contribution in [-0.4, -0.2) is 58.7 Å². The van der Waals surface area contributed by atoms with Gasteiger partial charge >= 0.3 is 1.43 Å². The van der Waals surface area contributed by atoms with Crippen molar-refractivity contribution in [3.05, 3.63) is 0 Å². The highest BCUT2D eigenvalue weighted by atomic mass is 32.3. The molecule has 1 fully saturated rings. The molecule has 12 heteroatoms. The summed E-state index contributed by atoms with van der Waals surface area (Å²) in [7, 11) is -4.92. The highest BCUT2D eigenvalue weighted by molar-refractivity contribution is 7.79. The minimum Gasteiger partial charge on any atom is -0.726 e. The number of anilines is 3. The first-order valence-corrected chi connectivity index (χ1v) is 9.52. The van der Waals surface area contributed by atoms with E-state index in [1.54, 1.807) is 5.06 Å². The van der Waals surface area contributed by atoms with Crippen LogP contribution in [0.1, 0.15) is 41.0 Å². The van der Waals surface area contributed by atoms with Crippen LogP contribution < -0.4 is 15.7 Å². The van der Waals surface area contributed by atoms with Crippen LogP contribution in [0.4, 0.5) is 17.8 Å². The number of nitrogens with one attached hydrogen (secondary N) is 2. The van der Waals surface area contributed by atoms with E-state index in [-0.39, 0.29) is 1.43 Å². The third kappa shape index (κ3) is 9.96. The van der Waals surface area contributed by atoms with Gasteiger partial charge in [0.2, 0.25) is 22.3 Å². The van der Waals surface area contributed by atoms with E-state index >= 15 is 0 Å². The molecule has 2 rings (SSSR count). The Morgan fingerprint density at radius 2 is 1.68 bits per heavy atom. The summed E-state index contributed by atoms with van der Waals surface area (Å²) in [6, 6.07) is 0. The van der Waals surface area contributed by atoms with Gasteiger partial charge in [0.05, 0.1) is 6.61 Å². The number of hydroxylamine groups is 1. The first-order chi connectivity index (χ1) is 11.8. The highest BCUT2D eigenvalue weighted by Crippen LogP contribution is 2.17. The Morgan fingerprint density at radius 3 is 2.08 bits per heavy atom. The van der Waals surface area contributed by atoms with Crippen molar-refractivity contribution in [2.75, 3.05) is 41.9 Å². The maximum absolute atomic E-state index is 8.63. The van der Waals surface area contributed by atoms with Crippen LogP contribution in [0.25, 0.3) is 0 Å². The average molecular weight is 378 g/mol. The summed E-state index contributed by atoms with van der Waals surface area (Å²) in [6.45, 7) is 7.46. The quantitative estimate of drug-likeness (QED) is 0.462. The van der Waals surface area contributed by atoms with Gasteiger partial charge < -0.3 is 15.2 Å². The van der Waals surface area contributed by atoms with Gasteiger partial charge in [-0.2, -0.15) is 15.0 Å². The second-order valence-corrected chi connectivity index (χ2v) is 6.06. The molecule has 0 bridgehead atoms. The van der Waals surface area contributed by atoms with Crippen LogP contribution in [0.5, 0.6) is 0 Å². The van der Waals surface area contributed by atoms with Crippen LogP contribution in [0.3, 0.4) is 0 Å². The third-order valence-corrected chi connectivity index (χ3v) is 2.92. The molecule has 0 aromatic carbocycles. The Kier molecular flexibility index (Phi) is 9.34. The van der Waals surface area contributed by atoms with Gasteiger partial charge in [-0.3, -0.25) is 9.39 Å². The standard InChI is InChI=1S/C13H24N6O.H2O4S/c1-3-7-14-11-16-12(15-8-4-2)18-13(17-11)19-9-5-6-10-20-19;1-5(2,3)4/h3-10H2,1-2H3,(H2,14,15,16,17,18);(H2,1,2,3,4). The molecule has 11 nitrogen and oxygen atoms in total. The molecule has 1 aliphatic rings. The predicted octanol–water partition coefficient (Wildman–Crippen LogP) is 1.16. The molecule has 1 aromatic rings. The summed E-state index contributed by atoms with van der Waals surface area (Å²) in [4.78, 5) is 18.8. The van der Waals surface area contributed by atoms with Crippen LogP contribution in [0.15, 0.2) is 0 Å². The van der Waals surface area contributed by atoms with Crippen molar-refractivity contribution in [2.24, 2.45) is 0 Å². The van der Waals surface area contributed by atoms with Gasteiger partial charge in [-0.15, -0.1) is 0 Å². The molecule has 0 spiro atoms. The molecule has 25 heavy (non-hydrogen) atoms. The summed E-state index contributed by atoms with van der Waals surface area (Å²) >= 11 is 0. The maximum Gasteiger partial charge on any atom is 1.00 e. The van der Waals surface area contributed by atoms with Crippen LogP contribution in [0, 0.1) is 0 Å². The first-order valence-electron chi connectivity index (χ1n) is 8.16. The first kappa shape index (κ1) is 21.3. The van der Waals surface area contributed by atoms with E-state index in [4.69, 9.17) is 22.4 Å². The number of hydrogen-bond acceptors (Lipinski definition) is 10. The molecular formula is C13H26N6O5S. The van der Waals surface area contributed by atoms with Crippen molar-refractivity contribution in [3.8, 4) is 0 Å². The van der Waals surface area contributed by atoms with E-state index in [0.717, 1.165) is 51.9 Å². The van der Waals surface area contributed by atoms with Crippen LogP contribution in [-0.2, 0) is 15.2 Å².